The molecule has 0 aliphatic carbocycles. The van der Waals surface area contributed by atoms with Gasteiger partial charge in [0.05, 0.1) is 6.42 Å². The lowest BCUT2D eigenvalue weighted by Crippen LogP contribution is -2.38. The smallest absolute Gasteiger partial charge is 0.227 e. The molecule has 1 aromatic heterocycles. The fraction of sp³-hybridized carbons (Fsp3) is 0.471. The van der Waals surface area contributed by atoms with Crippen LogP contribution in [0.15, 0.2) is 24.4 Å². The Morgan fingerprint density at radius 1 is 1.35 bits per heavy atom. The molecule has 3 nitrogen and oxygen atoms in total. The number of nitrogens with zero attached hydrogens (tertiary/aromatic N) is 1. The van der Waals surface area contributed by atoms with Crippen LogP contribution in [0.2, 0.25) is 0 Å². The number of rotatable bonds is 2. The average Bonchev–Trinajstić information content (AvgIpc) is 2.81. The first kappa shape index (κ1) is 13.2. The Kier molecular flexibility index (Phi) is 3.51. The predicted octanol–water partition coefficient (Wildman–Crippen LogP) is 3.28. The van der Waals surface area contributed by atoms with Crippen molar-refractivity contribution < 1.29 is 4.79 Å². The molecule has 1 saturated heterocycles. The highest BCUT2D eigenvalue weighted by Crippen LogP contribution is 2.22. The lowest BCUT2D eigenvalue weighted by molar-refractivity contribution is -0.131. The van der Waals surface area contributed by atoms with E-state index in [-0.39, 0.29) is 5.91 Å². The Hall–Kier alpha value is -1.77. The summed E-state index contributed by atoms with van der Waals surface area (Å²) in [4.78, 5) is 17.7. The minimum Gasteiger partial charge on any atom is -0.361 e. The average molecular weight is 270 g/mol. The van der Waals surface area contributed by atoms with Crippen molar-refractivity contribution in [3.63, 3.8) is 0 Å². The van der Waals surface area contributed by atoms with Crippen molar-refractivity contribution in [1.82, 2.24) is 9.88 Å². The largest absolute Gasteiger partial charge is 0.361 e. The van der Waals surface area contributed by atoms with Crippen LogP contribution >= 0.6 is 0 Å². The maximum absolute atomic E-state index is 12.4. The molecule has 3 heteroatoms. The maximum Gasteiger partial charge on any atom is 0.227 e. The van der Waals surface area contributed by atoms with E-state index in [1.165, 1.54) is 10.9 Å². The fourth-order valence-electron chi connectivity index (χ4n) is 2.98. The van der Waals surface area contributed by atoms with Gasteiger partial charge in [0, 0.05) is 30.2 Å². The van der Waals surface area contributed by atoms with Gasteiger partial charge in [-0.05, 0) is 42.9 Å². The highest BCUT2D eigenvalue weighted by atomic mass is 16.2. The van der Waals surface area contributed by atoms with Crippen molar-refractivity contribution in [2.45, 2.75) is 33.1 Å². The molecule has 0 radical (unpaired) electrons. The number of carbonyl (C=O) groups excluding carboxylic acids is 1. The molecular formula is C17H22N2O. The van der Waals surface area contributed by atoms with Crippen molar-refractivity contribution in [1.29, 1.82) is 0 Å². The molecule has 0 atom stereocenters. The number of piperidine rings is 1. The van der Waals surface area contributed by atoms with Gasteiger partial charge in [0.25, 0.3) is 0 Å². The molecule has 2 heterocycles. The van der Waals surface area contributed by atoms with E-state index in [1.807, 2.05) is 11.1 Å². The molecule has 1 aliphatic heterocycles. The number of aromatic amines is 1. The Balaban J connectivity index is 1.74. The van der Waals surface area contributed by atoms with Gasteiger partial charge in [-0.1, -0.05) is 19.1 Å². The summed E-state index contributed by atoms with van der Waals surface area (Å²) in [5.41, 5.74) is 3.48. The minimum atomic E-state index is 0.262. The predicted molar refractivity (Wildman–Crippen MR) is 81.7 cm³/mol. The van der Waals surface area contributed by atoms with Gasteiger partial charge >= 0.3 is 0 Å². The molecule has 1 N–H and O–H groups in total. The molecular weight excluding hydrogens is 248 g/mol. The second kappa shape index (κ2) is 5.31. The van der Waals surface area contributed by atoms with Gasteiger partial charge in [-0.25, -0.2) is 0 Å². The zero-order valence-corrected chi connectivity index (χ0v) is 12.3. The Labute approximate surface area is 120 Å². The number of nitrogens with one attached hydrogen (secondary N) is 1. The number of benzene rings is 1. The first-order valence-corrected chi connectivity index (χ1v) is 7.48. The van der Waals surface area contributed by atoms with Crippen molar-refractivity contribution in [3.05, 3.63) is 35.5 Å². The van der Waals surface area contributed by atoms with E-state index < -0.39 is 0 Å². The van der Waals surface area contributed by atoms with Crippen LogP contribution < -0.4 is 0 Å². The van der Waals surface area contributed by atoms with E-state index in [9.17, 15) is 4.79 Å². The number of aromatic nitrogens is 1. The number of likely N-dealkylation sites (tertiary alicyclic amines) is 1. The summed E-state index contributed by atoms with van der Waals surface area (Å²) >= 11 is 0. The van der Waals surface area contributed by atoms with Gasteiger partial charge in [-0.3, -0.25) is 4.79 Å². The zero-order chi connectivity index (χ0) is 14.1. The third-order valence-corrected chi connectivity index (χ3v) is 4.40. The van der Waals surface area contributed by atoms with Crippen LogP contribution in [0.1, 0.15) is 30.9 Å². The quantitative estimate of drug-likeness (QED) is 0.893. The number of hydrogen-bond acceptors (Lipinski definition) is 1. The maximum atomic E-state index is 12.4. The summed E-state index contributed by atoms with van der Waals surface area (Å²) in [5, 5.41) is 1.18. The Morgan fingerprint density at radius 3 is 2.85 bits per heavy atom. The highest BCUT2D eigenvalue weighted by molar-refractivity contribution is 5.89. The number of fused-ring (bicyclic) bond motifs is 1. The number of H-pyrrole nitrogens is 1. The lowest BCUT2D eigenvalue weighted by atomic mass is 9.98. The summed E-state index contributed by atoms with van der Waals surface area (Å²) in [6.45, 7) is 6.19. The van der Waals surface area contributed by atoms with Gasteiger partial charge in [0.1, 0.15) is 0 Å². The third-order valence-electron chi connectivity index (χ3n) is 4.40. The molecule has 106 valence electrons. The molecule has 0 saturated carbocycles. The second-order valence-electron chi connectivity index (χ2n) is 6.10. The van der Waals surface area contributed by atoms with E-state index in [2.05, 4.69) is 37.0 Å². The van der Waals surface area contributed by atoms with Crippen LogP contribution in [0.25, 0.3) is 10.9 Å². The van der Waals surface area contributed by atoms with E-state index in [0.717, 1.165) is 42.9 Å². The number of hydrogen-bond donors (Lipinski definition) is 1. The summed E-state index contributed by atoms with van der Waals surface area (Å²) in [6.07, 6.45) is 4.77. The molecule has 1 aromatic carbocycles. The van der Waals surface area contributed by atoms with Crippen molar-refractivity contribution in [2.24, 2.45) is 5.92 Å². The normalized spacial score (nSPS) is 16.8. The van der Waals surface area contributed by atoms with Crippen LogP contribution in [-0.4, -0.2) is 28.9 Å². The molecule has 20 heavy (non-hydrogen) atoms. The molecule has 0 unspecified atom stereocenters. The van der Waals surface area contributed by atoms with E-state index in [0.29, 0.717) is 6.42 Å². The van der Waals surface area contributed by atoms with Gasteiger partial charge in [-0.2, -0.15) is 0 Å². The van der Waals surface area contributed by atoms with Crippen LogP contribution in [0.5, 0.6) is 0 Å². The fourth-order valence-corrected chi connectivity index (χ4v) is 2.98. The minimum absolute atomic E-state index is 0.262. The summed E-state index contributed by atoms with van der Waals surface area (Å²) in [5.74, 6) is 1.02. The number of amides is 1. The van der Waals surface area contributed by atoms with Crippen molar-refractivity contribution in [3.8, 4) is 0 Å². The molecule has 0 spiro atoms. The van der Waals surface area contributed by atoms with E-state index in [1.54, 1.807) is 0 Å². The first-order valence-electron chi connectivity index (χ1n) is 7.48. The second-order valence-corrected chi connectivity index (χ2v) is 6.10. The molecule has 2 aromatic rings. The number of carbonyl (C=O) groups is 1. The van der Waals surface area contributed by atoms with Crippen LogP contribution in [0, 0.1) is 12.8 Å². The first-order chi connectivity index (χ1) is 9.63. The van der Waals surface area contributed by atoms with E-state index >= 15 is 0 Å². The van der Waals surface area contributed by atoms with Gasteiger partial charge in [0.15, 0.2) is 0 Å². The van der Waals surface area contributed by atoms with E-state index in [4.69, 9.17) is 0 Å². The summed E-state index contributed by atoms with van der Waals surface area (Å²) in [6, 6.07) is 6.35. The summed E-state index contributed by atoms with van der Waals surface area (Å²) in [7, 11) is 0. The highest BCUT2D eigenvalue weighted by Gasteiger charge is 2.21. The van der Waals surface area contributed by atoms with Crippen molar-refractivity contribution in [2.75, 3.05) is 13.1 Å². The van der Waals surface area contributed by atoms with Crippen LogP contribution in [0.3, 0.4) is 0 Å². The molecule has 1 fully saturated rings. The van der Waals surface area contributed by atoms with Crippen LogP contribution in [0.4, 0.5) is 0 Å². The number of aryl methyl sites for hydroxylation is 1. The molecule has 1 aliphatic rings. The SMILES string of the molecule is Cc1ccc2c(CC(=O)N3CCC(C)CC3)c[nH]c2c1. The lowest BCUT2D eigenvalue weighted by Gasteiger charge is -2.30. The Bertz CT molecular complexity index is 621. The summed E-state index contributed by atoms with van der Waals surface area (Å²) < 4.78 is 0. The van der Waals surface area contributed by atoms with Gasteiger partial charge < -0.3 is 9.88 Å². The molecule has 3 rings (SSSR count). The Morgan fingerprint density at radius 2 is 2.10 bits per heavy atom. The van der Waals surface area contributed by atoms with Crippen molar-refractivity contribution >= 4 is 16.8 Å². The van der Waals surface area contributed by atoms with Gasteiger partial charge in [-0.15, -0.1) is 0 Å². The molecule has 1 amide bonds. The zero-order valence-electron chi connectivity index (χ0n) is 12.3. The van der Waals surface area contributed by atoms with Gasteiger partial charge in [0.2, 0.25) is 5.91 Å². The monoisotopic (exact) mass is 270 g/mol. The standard InChI is InChI=1S/C17H22N2O/c1-12-5-7-19(8-6-12)17(20)10-14-11-18-16-9-13(2)3-4-15(14)16/h3-4,9,11-12,18H,5-8,10H2,1-2H3. The topological polar surface area (TPSA) is 36.1 Å². The third kappa shape index (κ3) is 2.58. The molecule has 0 bridgehead atoms. The van der Waals surface area contributed by atoms with Crippen LogP contribution in [-0.2, 0) is 11.2 Å².